The van der Waals surface area contributed by atoms with Crippen molar-refractivity contribution in [1.29, 1.82) is 0 Å². The van der Waals surface area contributed by atoms with Crippen LogP contribution in [0.25, 0.3) is 0 Å². The smallest absolute Gasteiger partial charge is 0.159 e. The molecular formula is C8H16F2O. The zero-order valence-corrected chi connectivity index (χ0v) is 7.58. The molecular weight excluding hydrogens is 150 g/mol. The predicted octanol–water partition coefficient (Wildman–Crippen LogP) is 2.50. The number of hydrogen-bond acceptors (Lipinski definition) is 1. The first-order chi connectivity index (χ1) is 4.77. The van der Waals surface area contributed by atoms with Gasteiger partial charge in [0.05, 0.1) is 12.2 Å². The number of ether oxygens (including phenoxy) is 1. The van der Waals surface area contributed by atoms with Crippen molar-refractivity contribution in [2.24, 2.45) is 0 Å². The van der Waals surface area contributed by atoms with E-state index in [0.29, 0.717) is 0 Å². The van der Waals surface area contributed by atoms with Crippen LogP contribution in [0.4, 0.5) is 8.78 Å². The monoisotopic (exact) mass is 166 g/mol. The van der Waals surface area contributed by atoms with E-state index in [2.05, 4.69) is 0 Å². The van der Waals surface area contributed by atoms with E-state index in [1.165, 1.54) is 6.92 Å². The average molecular weight is 166 g/mol. The van der Waals surface area contributed by atoms with E-state index in [1.54, 1.807) is 20.8 Å². The highest BCUT2D eigenvalue weighted by Crippen LogP contribution is 2.16. The molecule has 0 aromatic rings. The first kappa shape index (κ1) is 10.8. The van der Waals surface area contributed by atoms with Crippen LogP contribution in [0.5, 0.6) is 0 Å². The molecule has 0 saturated heterocycles. The van der Waals surface area contributed by atoms with Gasteiger partial charge in [-0.1, -0.05) is 0 Å². The molecule has 0 saturated carbocycles. The third-order valence-electron chi connectivity index (χ3n) is 1.08. The molecule has 0 bridgehead atoms. The fourth-order valence-corrected chi connectivity index (χ4v) is 0.406. The van der Waals surface area contributed by atoms with Crippen molar-refractivity contribution >= 4 is 0 Å². The van der Waals surface area contributed by atoms with Crippen molar-refractivity contribution in [2.75, 3.05) is 13.3 Å². The minimum Gasteiger partial charge on any atom is -0.372 e. The second-order valence-electron chi connectivity index (χ2n) is 3.95. The van der Waals surface area contributed by atoms with Crippen LogP contribution in [-0.4, -0.2) is 24.6 Å². The molecule has 3 heteroatoms. The summed E-state index contributed by atoms with van der Waals surface area (Å²) in [6, 6.07) is 0. The van der Waals surface area contributed by atoms with Crippen molar-refractivity contribution in [3.63, 3.8) is 0 Å². The molecule has 0 amide bonds. The third kappa shape index (κ3) is 6.23. The third-order valence-corrected chi connectivity index (χ3v) is 1.08. The lowest BCUT2D eigenvalue weighted by Crippen LogP contribution is -2.33. The Morgan fingerprint density at radius 2 is 1.64 bits per heavy atom. The van der Waals surface area contributed by atoms with E-state index in [-0.39, 0.29) is 6.61 Å². The summed E-state index contributed by atoms with van der Waals surface area (Å²) < 4.78 is 29.8. The second-order valence-corrected chi connectivity index (χ2v) is 3.95. The van der Waals surface area contributed by atoms with Gasteiger partial charge in [0.25, 0.3) is 0 Å². The molecule has 0 aromatic heterocycles. The minimum absolute atomic E-state index is 0.188. The molecule has 1 atom stereocenters. The van der Waals surface area contributed by atoms with E-state index in [1.807, 2.05) is 0 Å². The van der Waals surface area contributed by atoms with Gasteiger partial charge in [0, 0.05) is 0 Å². The molecule has 11 heavy (non-hydrogen) atoms. The van der Waals surface area contributed by atoms with Crippen LogP contribution in [0.3, 0.4) is 0 Å². The summed E-state index contributed by atoms with van der Waals surface area (Å²) in [5.41, 5.74) is -2.24. The SMILES string of the molecule is CC(F)(CF)COC(C)(C)C. The van der Waals surface area contributed by atoms with E-state index in [0.717, 1.165) is 0 Å². The van der Waals surface area contributed by atoms with Gasteiger partial charge in [0.15, 0.2) is 5.67 Å². The molecule has 0 aromatic carbocycles. The Morgan fingerprint density at radius 3 is 1.91 bits per heavy atom. The molecule has 1 unspecified atom stereocenters. The zero-order valence-electron chi connectivity index (χ0n) is 7.58. The van der Waals surface area contributed by atoms with Crippen LogP contribution in [0, 0.1) is 0 Å². The molecule has 0 radical (unpaired) electrons. The summed E-state index contributed by atoms with van der Waals surface area (Å²) in [5, 5.41) is 0. The first-order valence-corrected chi connectivity index (χ1v) is 3.66. The van der Waals surface area contributed by atoms with Crippen molar-refractivity contribution in [2.45, 2.75) is 39.0 Å². The molecule has 0 rings (SSSR count). The average Bonchev–Trinajstić information content (AvgIpc) is 1.83. The largest absolute Gasteiger partial charge is 0.372 e. The Labute approximate surface area is 66.7 Å². The lowest BCUT2D eigenvalue weighted by Gasteiger charge is -2.24. The lowest BCUT2D eigenvalue weighted by molar-refractivity contribution is -0.0646. The Balaban J connectivity index is 3.70. The lowest BCUT2D eigenvalue weighted by atomic mass is 10.1. The summed E-state index contributed by atoms with van der Waals surface area (Å²) >= 11 is 0. The summed E-state index contributed by atoms with van der Waals surface area (Å²) in [5.74, 6) is 0. The Bertz CT molecular complexity index is 116. The normalized spacial score (nSPS) is 18.0. The maximum atomic E-state index is 12.8. The van der Waals surface area contributed by atoms with Crippen LogP contribution >= 0.6 is 0 Å². The van der Waals surface area contributed by atoms with Gasteiger partial charge in [-0.05, 0) is 27.7 Å². The van der Waals surface area contributed by atoms with E-state index < -0.39 is 17.9 Å². The van der Waals surface area contributed by atoms with Gasteiger partial charge in [-0.2, -0.15) is 0 Å². The van der Waals surface area contributed by atoms with Crippen LogP contribution in [0.15, 0.2) is 0 Å². The van der Waals surface area contributed by atoms with Gasteiger partial charge in [-0.15, -0.1) is 0 Å². The number of hydrogen-bond donors (Lipinski definition) is 0. The Morgan fingerprint density at radius 1 is 1.18 bits per heavy atom. The van der Waals surface area contributed by atoms with E-state index >= 15 is 0 Å². The zero-order chi connectivity index (χ0) is 9.12. The van der Waals surface area contributed by atoms with Crippen LogP contribution in [0.2, 0.25) is 0 Å². The van der Waals surface area contributed by atoms with Crippen molar-refractivity contribution in [1.82, 2.24) is 0 Å². The quantitative estimate of drug-likeness (QED) is 0.626. The van der Waals surface area contributed by atoms with Crippen LogP contribution < -0.4 is 0 Å². The maximum absolute atomic E-state index is 12.8. The highest BCUT2D eigenvalue weighted by Gasteiger charge is 2.26. The molecule has 0 aliphatic heterocycles. The highest BCUT2D eigenvalue weighted by atomic mass is 19.2. The predicted molar refractivity (Wildman–Crippen MR) is 41.2 cm³/mol. The summed E-state index contributed by atoms with van der Waals surface area (Å²) in [6.45, 7) is 5.43. The molecule has 0 aliphatic rings. The maximum Gasteiger partial charge on any atom is 0.159 e. The summed E-state index contributed by atoms with van der Waals surface area (Å²) in [7, 11) is 0. The summed E-state index contributed by atoms with van der Waals surface area (Å²) in [6.07, 6.45) is 0. The van der Waals surface area contributed by atoms with Crippen LogP contribution in [0.1, 0.15) is 27.7 Å². The van der Waals surface area contributed by atoms with E-state index in [4.69, 9.17) is 4.74 Å². The van der Waals surface area contributed by atoms with Gasteiger partial charge in [0.1, 0.15) is 6.67 Å². The topological polar surface area (TPSA) is 9.23 Å². The molecule has 68 valence electrons. The van der Waals surface area contributed by atoms with Crippen molar-refractivity contribution in [3.8, 4) is 0 Å². The van der Waals surface area contributed by atoms with Gasteiger partial charge in [0.2, 0.25) is 0 Å². The number of rotatable bonds is 3. The molecule has 0 aliphatic carbocycles. The summed E-state index contributed by atoms with van der Waals surface area (Å²) in [4.78, 5) is 0. The Hall–Kier alpha value is -0.180. The Kier molecular flexibility index (Phi) is 3.42. The molecule has 0 spiro atoms. The molecule has 0 heterocycles. The molecule has 0 N–H and O–H groups in total. The van der Waals surface area contributed by atoms with Crippen molar-refractivity contribution in [3.05, 3.63) is 0 Å². The molecule has 0 fully saturated rings. The number of alkyl halides is 2. The number of halogens is 2. The van der Waals surface area contributed by atoms with Gasteiger partial charge < -0.3 is 4.74 Å². The van der Waals surface area contributed by atoms with Gasteiger partial charge in [-0.3, -0.25) is 0 Å². The van der Waals surface area contributed by atoms with Gasteiger partial charge >= 0.3 is 0 Å². The first-order valence-electron chi connectivity index (χ1n) is 3.66. The highest BCUT2D eigenvalue weighted by molar-refractivity contribution is 4.73. The molecule has 1 nitrogen and oxygen atoms in total. The second kappa shape index (κ2) is 3.48. The van der Waals surface area contributed by atoms with Crippen molar-refractivity contribution < 1.29 is 13.5 Å². The fraction of sp³-hybridized carbons (Fsp3) is 1.00. The minimum atomic E-state index is -1.84. The fourth-order valence-electron chi connectivity index (χ4n) is 0.406. The van der Waals surface area contributed by atoms with Crippen LogP contribution in [-0.2, 0) is 4.74 Å². The van der Waals surface area contributed by atoms with Gasteiger partial charge in [-0.25, -0.2) is 8.78 Å². The standard InChI is InChI=1S/C8H16F2O/c1-7(2,3)11-6-8(4,10)5-9/h5-6H2,1-4H3. The van der Waals surface area contributed by atoms with E-state index in [9.17, 15) is 8.78 Å².